The average molecular weight is 624 g/mol. The van der Waals surface area contributed by atoms with E-state index in [1.807, 2.05) is 49.4 Å². The summed E-state index contributed by atoms with van der Waals surface area (Å²) in [5.74, 6) is 1.13. The van der Waals surface area contributed by atoms with E-state index < -0.39 is 0 Å². The molecule has 0 aliphatic heterocycles. The Hall–Kier alpha value is -2.19. The molecule has 0 unspecified atom stereocenters. The lowest BCUT2D eigenvalue weighted by Crippen LogP contribution is -2.22. The van der Waals surface area contributed by atoms with Gasteiger partial charge in [0, 0.05) is 15.9 Å². The fourth-order valence-corrected chi connectivity index (χ4v) is 4.83. The van der Waals surface area contributed by atoms with Crippen LogP contribution in [-0.4, -0.2) is 15.9 Å². The lowest BCUT2D eigenvalue weighted by Gasteiger charge is -2.12. The second kappa shape index (κ2) is 11.0. The van der Waals surface area contributed by atoms with E-state index in [1.54, 1.807) is 18.3 Å². The molecule has 0 saturated carbocycles. The summed E-state index contributed by atoms with van der Waals surface area (Å²) in [6.45, 7) is 2.38. The Morgan fingerprint density at radius 3 is 2.56 bits per heavy atom. The minimum absolute atomic E-state index is 0.223. The van der Waals surface area contributed by atoms with E-state index in [0.717, 1.165) is 16.5 Å². The smallest absolute Gasteiger partial charge is 0.282 e. The Balaban J connectivity index is 1.63. The Labute approximate surface area is 223 Å². The van der Waals surface area contributed by atoms with Crippen LogP contribution in [0.3, 0.4) is 0 Å². The molecule has 9 heteroatoms. The summed E-state index contributed by atoms with van der Waals surface area (Å²) in [5, 5.41) is 6.04. The SMILES string of the molecule is CCCc1nc2ccc(Br)cc2c(=O)n1N=Cc1cc(Cl)c(OCc2ccc(Cl)cc2)c(Br)c1. The lowest BCUT2D eigenvalue weighted by molar-refractivity contribution is 0.304. The van der Waals surface area contributed by atoms with Crippen molar-refractivity contribution in [2.45, 2.75) is 26.4 Å². The zero-order valence-electron chi connectivity index (χ0n) is 18.1. The second-order valence-corrected chi connectivity index (χ2v) is 10.1. The Kier molecular flexibility index (Phi) is 8.09. The van der Waals surface area contributed by atoms with E-state index in [2.05, 4.69) is 41.9 Å². The molecule has 0 amide bonds. The molecule has 1 aromatic heterocycles. The number of ether oxygens (including phenoxy) is 1. The van der Waals surface area contributed by atoms with Gasteiger partial charge >= 0.3 is 0 Å². The highest BCUT2D eigenvalue weighted by molar-refractivity contribution is 9.10. The number of hydrogen-bond acceptors (Lipinski definition) is 4. The summed E-state index contributed by atoms with van der Waals surface area (Å²) >= 11 is 19.4. The maximum Gasteiger partial charge on any atom is 0.282 e. The standard InChI is InChI=1S/C25H19Br2Cl2N3O2/c1-2-3-23-31-22-9-6-17(26)12-19(22)25(33)32(23)30-13-16-10-20(27)24(21(29)11-16)34-14-15-4-7-18(28)8-5-15/h4-13H,2-3,14H2,1H3. The number of nitrogens with zero attached hydrogens (tertiary/aromatic N) is 3. The van der Waals surface area contributed by atoms with Gasteiger partial charge in [-0.25, -0.2) is 4.98 Å². The van der Waals surface area contributed by atoms with Crippen LogP contribution in [0.15, 0.2) is 73.4 Å². The predicted octanol–water partition coefficient (Wildman–Crippen LogP) is 7.64. The van der Waals surface area contributed by atoms with E-state index in [-0.39, 0.29) is 5.56 Å². The molecule has 0 bridgehead atoms. The molecular formula is C25H19Br2Cl2N3O2. The fourth-order valence-electron chi connectivity index (χ4n) is 3.35. The van der Waals surface area contributed by atoms with Gasteiger partial charge in [0.1, 0.15) is 12.4 Å². The summed E-state index contributed by atoms with van der Waals surface area (Å²) in [6, 6.07) is 16.4. The van der Waals surface area contributed by atoms with Crippen molar-refractivity contribution in [1.82, 2.24) is 9.66 Å². The summed E-state index contributed by atoms with van der Waals surface area (Å²) in [6.07, 6.45) is 3.05. The largest absolute Gasteiger partial charge is 0.486 e. The van der Waals surface area contributed by atoms with Gasteiger partial charge in [-0.3, -0.25) is 4.79 Å². The van der Waals surface area contributed by atoms with E-state index >= 15 is 0 Å². The summed E-state index contributed by atoms with van der Waals surface area (Å²) < 4.78 is 8.74. The normalized spacial score (nSPS) is 11.4. The minimum Gasteiger partial charge on any atom is -0.486 e. The highest BCUT2D eigenvalue weighted by atomic mass is 79.9. The van der Waals surface area contributed by atoms with Crippen LogP contribution in [0.1, 0.15) is 30.3 Å². The molecule has 4 rings (SSSR count). The fraction of sp³-hybridized carbons (Fsp3) is 0.160. The van der Waals surface area contributed by atoms with Crippen molar-refractivity contribution in [3.63, 3.8) is 0 Å². The zero-order chi connectivity index (χ0) is 24.2. The molecule has 174 valence electrons. The second-order valence-electron chi connectivity index (χ2n) is 7.53. The van der Waals surface area contributed by atoms with Crippen LogP contribution in [-0.2, 0) is 13.0 Å². The van der Waals surface area contributed by atoms with Crippen molar-refractivity contribution in [2.75, 3.05) is 0 Å². The number of benzene rings is 3. The van der Waals surface area contributed by atoms with Crippen molar-refractivity contribution in [3.8, 4) is 5.75 Å². The summed E-state index contributed by atoms with van der Waals surface area (Å²) in [4.78, 5) is 17.8. The Bertz CT molecular complexity index is 1410. The number of rotatable bonds is 7. The summed E-state index contributed by atoms with van der Waals surface area (Å²) in [5.41, 5.74) is 2.10. The first-order valence-electron chi connectivity index (χ1n) is 10.5. The molecule has 0 fully saturated rings. The van der Waals surface area contributed by atoms with Crippen LogP contribution in [0.25, 0.3) is 10.9 Å². The van der Waals surface area contributed by atoms with Crippen LogP contribution in [0, 0.1) is 0 Å². The molecule has 0 saturated heterocycles. The molecule has 0 aliphatic carbocycles. The van der Waals surface area contributed by atoms with Crippen LogP contribution >= 0.6 is 55.1 Å². The first-order valence-corrected chi connectivity index (χ1v) is 12.8. The molecule has 0 atom stereocenters. The number of aryl methyl sites for hydroxylation is 1. The zero-order valence-corrected chi connectivity index (χ0v) is 22.7. The molecule has 0 N–H and O–H groups in total. The molecule has 34 heavy (non-hydrogen) atoms. The van der Waals surface area contributed by atoms with Crippen molar-refractivity contribution < 1.29 is 4.74 Å². The van der Waals surface area contributed by atoms with Crippen LogP contribution in [0.2, 0.25) is 10.0 Å². The van der Waals surface area contributed by atoms with E-state index in [4.69, 9.17) is 27.9 Å². The summed E-state index contributed by atoms with van der Waals surface area (Å²) in [7, 11) is 0. The molecule has 0 aliphatic rings. The third-order valence-electron chi connectivity index (χ3n) is 4.99. The van der Waals surface area contributed by atoms with Gasteiger partial charge in [-0.15, -0.1) is 0 Å². The topological polar surface area (TPSA) is 56.5 Å². The highest BCUT2D eigenvalue weighted by Crippen LogP contribution is 2.34. The van der Waals surface area contributed by atoms with E-state index in [1.165, 1.54) is 4.68 Å². The number of hydrogen-bond donors (Lipinski definition) is 0. The first kappa shape index (κ1) is 24.9. The Morgan fingerprint density at radius 1 is 1.09 bits per heavy atom. The number of aromatic nitrogens is 2. The monoisotopic (exact) mass is 621 g/mol. The van der Waals surface area contributed by atoms with Crippen molar-refractivity contribution in [3.05, 3.63) is 101 Å². The third-order valence-corrected chi connectivity index (χ3v) is 6.60. The molecule has 5 nitrogen and oxygen atoms in total. The third kappa shape index (κ3) is 5.71. The van der Waals surface area contributed by atoms with E-state index in [0.29, 0.717) is 55.6 Å². The van der Waals surface area contributed by atoms with Gasteiger partial charge in [0.15, 0.2) is 5.75 Å². The lowest BCUT2D eigenvalue weighted by atomic mass is 10.2. The van der Waals surface area contributed by atoms with Gasteiger partial charge in [-0.2, -0.15) is 9.78 Å². The predicted molar refractivity (Wildman–Crippen MR) is 146 cm³/mol. The highest BCUT2D eigenvalue weighted by Gasteiger charge is 2.12. The van der Waals surface area contributed by atoms with Crippen LogP contribution in [0.4, 0.5) is 0 Å². The quantitative estimate of drug-likeness (QED) is 0.199. The molecular weight excluding hydrogens is 605 g/mol. The van der Waals surface area contributed by atoms with Gasteiger partial charge in [-0.1, -0.05) is 58.2 Å². The number of halogens is 4. The van der Waals surface area contributed by atoms with Gasteiger partial charge in [0.25, 0.3) is 5.56 Å². The van der Waals surface area contributed by atoms with Gasteiger partial charge in [-0.05, 0) is 75.9 Å². The Morgan fingerprint density at radius 2 is 1.85 bits per heavy atom. The van der Waals surface area contributed by atoms with E-state index in [9.17, 15) is 4.79 Å². The first-order chi connectivity index (χ1) is 16.4. The maximum absolute atomic E-state index is 13.2. The molecule has 0 radical (unpaired) electrons. The average Bonchev–Trinajstić information content (AvgIpc) is 2.80. The van der Waals surface area contributed by atoms with Crippen molar-refractivity contribution in [2.24, 2.45) is 5.10 Å². The minimum atomic E-state index is -0.223. The van der Waals surface area contributed by atoms with Crippen molar-refractivity contribution >= 4 is 72.2 Å². The van der Waals surface area contributed by atoms with Gasteiger partial charge < -0.3 is 4.74 Å². The van der Waals surface area contributed by atoms with Crippen molar-refractivity contribution in [1.29, 1.82) is 0 Å². The van der Waals surface area contributed by atoms with Crippen LogP contribution in [0.5, 0.6) is 5.75 Å². The molecule has 4 aromatic rings. The van der Waals surface area contributed by atoms with Gasteiger partial charge in [0.05, 0.1) is 26.6 Å². The van der Waals surface area contributed by atoms with Gasteiger partial charge in [0.2, 0.25) is 0 Å². The maximum atomic E-state index is 13.2. The number of fused-ring (bicyclic) bond motifs is 1. The molecule has 1 heterocycles. The molecule has 3 aromatic carbocycles. The van der Waals surface area contributed by atoms with Crippen LogP contribution < -0.4 is 10.3 Å². The molecule has 0 spiro atoms.